The van der Waals surface area contributed by atoms with Gasteiger partial charge in [0.25, 0.3) is 6.01 Å². The second-order valence-electron chi connectivity index (χ2n) is 8.50. The molecule has 6 nitrogen and oxygen atoms in total. The van der Waals surface area contributed by atoms with Crippen molar-refractivity contribution in [2.75, 3.05) is 24.5 Å². The number of piperidine rings is 1. The predicted molar refractivity (Wildman–Crippen MR) is 112 cm³/mol. The molecule has 28 heavy (non-hydrogen) atoms. The largest absolute Gasteiger partial charge is 0.423 e. The summed E-state index contributed by atoms with van der Waals surface area (Å²) < 4.78 is 5.95. The lowest BCUT2D eigenvalue weighted by Gasteiger charge is -2.40. The molecule has 1 unspecified atom stereocenters. The fourth-order valence-corrected chi connectivity index (χ4v) is 4.68. The van der Waals surface area contributed by atoms with Crippen LogP contribution >= 0.6 is 0 Å². The third kappa shape index (κ3) is 4.10. The van der Waals surface area contributed by atoms with Gasteiger partial charge in [0.05, 0.1) is 0 Å². The maximum absolute atomic E-state index is 12.8. The van der Waals surface area contributed by atoms with E-state index < -0.39 is 0 Å². The van der Waals surface area contributed by atoms with Crippen molar-refractivity contribution in [1.82, 2.24) is 15.2 Å². The molecule has 2 aromatic rings. The van der Waals surface area contributed by atoms with E-state index in [4.69, 9.17) is 4.42 Å². The van der Waals surface area contributed by atoms with E-state index in [-0.39, 0.29) is 12.1 Å². The number of para-hydroxylation sites is 2. The van der Waals surface area contributed by atoms with Crippen LogP contribution in [0.1, 0.15) is 52.4 Å². The van der Waals surface area contributed by atoms with Gasteiger partial charge in [-0.25, -0.2) is 4.79 Å². The van der Waals surface area contributed by atoms with Gasteiger partial charge < -0.3 is 19.5 Å². The van der Waals surface area contributed by atoms with Gasteiger partial charge >= 0.3 is 6.03 Å². The van der Waals surface area contributed by atoms with Crippen LogP contribution in [0.25, 0.3) is 11.1 Å². The molecule has 3 heterocycles. The number of benzene rings is 1. The van der Waals surface area contributed by atoms with Gasteiger partial charge in [0.1, 0.15) is 5.52 Å². The van der Waals surface area contributed by atoms with Gasteiger partial charge in [0.15, 0.2) is 5.58 Å². The minimum absolute atomic E-state index is 0.114. The number of carbonyl (C=O) groups is 1. The Labute approximate surface area is 167 Å². The summed E-state index contributed by atoms with van der Waals surface area (Å²) in [6.07, 6.45) is 6.84. The molecule has 2 aliphatic heterocycles. The van der Waals surface area contributed by atoms with E-state index in [2.05, 4.69) is 20.1 Å². The van der Waals surface area contributed by atoms with Crippen LogP contribution in [0, 0.1) is 5.92 Å². The molecule has 1 aromatic heterocycles. The quantitative estimate of drug-likeness (QED) is 0.852. The monoisotopic (exact) mass is 384 g/mol. The highest BCUT2D eigenvalue weighted by Gasteiger charge is 2.34. The highest BCUT2D eigenvalue weighted by atomic mass is 16.4. The molecule has 0 spiro atoms. The number of amides is 2. The molecule has 2 aliphatic rings. The van der Waals surface area contributed by atoms with Gasteiger partial charge in [-0.15, -0.1) is 0 Å². The number of anilines is 1. The molecule has 4 rings (SSSR count). The fraction of sp³-hybridized carbons (Fsp3) is 0.636. The summed E-state index contributed by atoms with van der Waals surface area (Å²) in [5.74, 6) is 0.552. The highest BCUT2D eigenvalue weighted by molar-refractivity contribution is 5.75. The smallest absolute Gasteiger partial charge is 0.317 e. The van der Waals surface area contributed by atoms with Crippen molar-refractivity contribution in [3.8, 4) is 0 Å². The maximum Gasteiger partial charge on any atom is 0.317 e. The SMILES string of the molecule is CC(C)NC(=O)N1CCCCCC1C1CCN(c2nc3ccccc3o2)CC1. The highest BCUT2D eigenvalue weighted by Crippen LogP contribution is 2.32. The summed E-state index contributed by atoms with van der Waals surface area (Å²) in [5, 5.41) is 3.11. The van der Waals surface area contributed by atoms with Crippen molar-refractivity contribution < 1.29 is 9.21 Å². The zero-order chi connectivity index (χ0) is 19.5. The molecule has 2 saturated heterocycles. The standard InChI is InChI=1S/C22H32N4O2/c1-16(2)23-21(27)26-13-7-3-4-9-19(26)17-11-14-25(15-12-17)22-24-18-8-5-6-10-20(18)28-22/h5-6,8,10,16-17,19H,3-4,7,9,11-15H2,1-2H3,(H,23,27). The third-order valence-electron chi connectivity index (χ3n) is 6.11. The van der Waals surface area contributed by atoms with E-state index in [0.717, 1.165) is 62.4 Å². The number of fused-ring (bicyclic) bond motifs is 1. The molecule has 152 valence electrons. The summed E-state index contributed by atoms with van der Waals surface area (Å²) in [6.45, 7) is 6.82. The second-order valence-corrected chi connectivity index (χ2v) is 8.50. The third-order valence-corrected chi connectivity index (χ3v) is 6.11. The van der Waals surface area contributed by atoms with Crippen molar-refractivity contribution in [3.05, 3.63) is 24.3 Å². The summed E-state index contributed by atoms with van der Waals surface area (Å²) in [6, 6.07) is 9.31. The first kappa shape index (κ1) is 19.1. The number of rotatable bonds is 3. The molecular formula is C22H32N4O2. The number of urea groups is 1. The topological polar surface area (TPSA) is 61.6 Å². The van der Waals surface area contributed by atoms with Gasteiger partial charge in [0.2, 0.25) is 0 Å². The van der Waals surface area contributed by atoms with E-state index in [1.165, 1.54) is 12.8 Å². The number of oxazole rings is 1. The minimum Gasteiger partial charge on any atom is -0.423 e. The van der Waals surface area contributed by atoms with Crippen LogP contribution in [-0.4, -0.2) is 47.6 Å². The van der Waals surface area contributed by atoms with Crippen molar-refractivity contribution >= 4 is 23.1 Å². The van der Waals surface area contributed by atoms with Crippen LogP contribution < -0.4 is 10.2 Å². The van der Waals surface area contributed by atoms with Crippen LogP contribution in [-0.2, 0) is 0 Å². The molecule has 6 heteroatoms. The molecular weight excluding hydrogens is 352 g/mol. The minimum atomic E-state index is 0.114. The lowest BCUT2D eigenvalue weighted by atomic mass is 9.86. The fourth-order valence-electron chi connectivity index (χ4n) is 4.68. The molecule has 1 atom stereocenters. The van der Waals surface area contributed by atoms with E-state index in [1.54, 1.807) is 0 Å². The lowest BCUT2D eigenvalue weighted by molar-refractivity contribution is 0.134. The van der Waals surface area contributed by atoms with Gasteiger partial charge in [-0.3, -0.25) is 0 Å². The Balaban J connectivity index is 1.42. The Hall–Kier alpha value is -2.24. The van der Waals surface area contributed by atoms with Gasteiger partial charge in [0, 0.05) is 31.7 Å². The van der Waals surface area contributed by atoms with Crippen molar-refractivity contribution in [1.29, 1.82) is 0 Å². The summed E-state index contributed by atoms with van der Waals surface area (Å²) >= 11 is 0. The normalized spacial score (nSPS) is 21.9. The average Bonchev–Trinajstić information content (AvgIpc) is 2.97. The first-order valence-corrected chi connectivity index (χ1v) is 10.8. The first-order valence-electron chi connectivity index (χ1n) is 10.8. The summed E-state index contributed by atoms with van der Waals surface area (Å²) in [4.78, 5) is 21.8. The Morgan fingerprint density at radius 2 is 1.89 bits per heavy atom. The van der Waals surface area contributed by atoms with Crippen molar-refractivity contribution in [2.24, 2.45) is 5.92 Å². The number of hydrogen-bond acceptors (Lipinski definition) is 4. The van der Waals surface area contributed by atoms with E-state index in [0.29, 0.717) is 12.0 Å². The Morgan fingerprint density at radius 1 is 1.11 bits per heavy atom. The van der Waals surface area contributed by atoms with Gasteiger partial charge in [-0.1, -0.05) is 25.0 Å². The molecule has 0 bridgehead atoms. The molecule has 0 radical (unpaired) electrons. The molecule has 2 amide bonds. The van der Waals surface area contributed by atoms with Gasteiger partial charge in [-0.05, 0) is 57.6 Å². The molecule has 1 N–H and O–H groups in total. The Bertz CT molecular complexity index is 762. The van der Waals surface area contributed by atoms with Crippen LogP contribution in [0.15, 0.2) is 28.7 Å². The van der Waals surface area contributed by atoms with Crippen LogP contribution in [0.2, 0.25) is 0 Å². The molecule has 2 fully saturated rings. The zero-order valence-corrected chi connectivity index (χ0v) is 17.1. The number of likely N-dealkylation sites (tertiary alicyclic amines) is 1. The first-order chi connectivity index (χ1) is 13.6. The van der Waals surface area contributed by atoms with E-state index in [1.807, 2.05) is 38.1 Å². The van der Waals surface area contributed by atoms with Crippen molar-refractivity contribution in [3.63, 3.8) is 0 Å². The van der Waals surface area contributed by atoms with Gasteiger partial charge in [-0.2, -0.15) is 4.98 Å². The van der Waals surface area contributed by atoms with Crippen LogP contribution in [0.5, 0.6) is 0 Å². The maximum atomic E-state index is 12.8. The molecule has 1 aromatic carbocycles. The number of nitrogens with zero attached hydrogens (tertiary/aromatic N) is 3. The number of aromatic nitrogens is 1. The molecule has 0 saturated carbocycles. The zero-order valence-electron chi connectivity index (χ0n) is 17.1. The van der Waals surface area contributed by atoms with E-state index in [9.17, 15) is 4.79 Å². The predicted octanol–water partition coefficient (Wildman–Crippen LogP) is 4.41. The summed E-state index contributed by atoms with van der Waals surface area (Å²) in [7, 11) is 0. The molecule has 0 aliphatic carbocycles. The Kier molecular flexibility index (Phi) is 5.74. The average molecular weight is 385 g/mol. The van der Waals surface area contributed by atoms with Crippen molar-refractivity contribution in [2.45, 2.75) is 64.5 Å². The summed E-state index contributed by atoms with van der Waals surface area (Å²) in [5.41, 5.74) is 1.76. The lowest BCUT2D eigenvalue weighted by Crippen LogP contribution is -2.52. The van der Waals surface area contributed by atoms with E-state index >= 15 is 0 Å². The number of nitrogens with one attached hydrogen (secondary N) is 1. The van der Waals surface area contributed by atoms with Crippen LogP contribution in [0.4, 0.5) is 10.8 Å². The second kappa shape index (κ2) is 8.41. The Morgan fingerprint density at radius 3 is 2.64 bits per heavy atom. The number of hydrogen-bond donors (Lipinski definition) is 1. The van der Waals surface area contributed by atoms with Crippen LogP contribution in [0.3, 0.4) is 0 Å². The number of carbonyl (C=O) groups excluding carboxylic acids is 1.